The Morgan fingerprint density at radius 3 is 3.24 bits per heavy atom. The Morgan fingerprint density at radius 1 is 1.47 bits per heavy atom. The Kier molecular flexibility index (Phi) is 1.12. The summed E-state index contributed by atoms with van der Waals surface area (Å²) in [4.78, 5) is 3.10. The molecule has 1 aliphatic heterocycles. The zero-order valence-electron chi connectivity index (χ0n) is 18.3. The van der Waals surface area contributed by atoms with E-state index in [1.54, 1.807) is 12.1 Å². The third-order valence-electron chi connectivity index (χ3n) is 2.74. The summed E-state index contributed by atoms with van der Waals surface area (Å²) in [6.07, 6.45) is -5.10. The van der Waals surface area contributed by atoms with Crippen LogP contribution in [0.2, 0.25) is 0 Å². The average molecular weight is 239 g/mol. The molecule has 0 bridgehead atoms. The molecule has 1 aliphatic rings. The molecule has 17 heavy (non-hydrogen) atoms. The number of methoxy groups -OCH3 is 1. The first-order valence-corrected chi connectivity index (χ1v) is 5.22. The molecule has 0 fully saturated rings. The van der Waals surface area contributed by atoms with Crippen molar-refractivity contribution in [2.24, 2.45) is 0 Å². The number of aryl methyl sites for hydroxylation is 1. The minimum absolute atomic E-state index is 0.165. The number of rotatable bonds is 1. The number of aromatic amines is 1. The van der Waals surface area contributed by atoms with Gasteiger partial charge in [-0.15, -0.1) is 0 Å². The van der Waals surface area contributed by atoms with Gasteiger partial charge in [0.05, 0.1) is 7.11 Å². The molecule has 0 radical (unpaired) electrons. The Bertz CT molecular complexity index is 856. The second-order valence-electron chi connectivity index (χ2n) is 3.79. The SMILES string of the molecule is [2H]C1([2H])CN(C([2H])([2H])[2H])C([2H])([2H])C([2H])([2H])c2c1[nH]c1cc(OC)ccc21. The molecular weight excluding hydrogens is 212 g/mol. The molecule has 1 aromatic heterocycles. The molecule has 90 valence electrons. The largest absolute Gasteiger partial charge is 0.497 e. The second kappa shape index (κ2) is 4.08. The van der Waals surface area contributed by atoms with Gasteiger partial charge in [-0.3, -0.25) is 0 Å². The Hall–Kier alpha value is -1.48. The zero-order valence-corrected chi connectivity index (χ0v) is 9.29. The van der Waals surface area contributed by atoms with Crippen LogP contribution in [0, 0.1) is 0 Å². The molecule has 0 unspecified atom stereocenters. The fourth-order valence-electron chi connectivity index (χ4n) is 1.89. The van der Waals surface area contributed by atoms with Crippen molar-refractivity contribution in [1.82, 2.24) is 9.88 Å². The normalized spacial score (nSPS) is 34.3. The maximum absolute atomic E-state index is 8.42. The highest BCUT2D eigenvalue weighted by Gasteiger charge is 2.16. The van der Waals surface area contributed by atoms with Crippen molar-refractivity contribution in [2.75, 3.05) is 27.1 Å². The molecule has 0 spiro atoms. The fraction of sp³-hybridized carbons (Fsp3) is 0.429. The van der Waals surface area contributed by atoms with E-state index in [2.05, 4.69) is 4.98 Å². The smallest absolute Gasteiger partial charge is 0.120 e. The fourth-order valence-corrected chi connectivity index (χ4v) is 1.89. The average Bonchev–Trinajstić information content (AvgIpc) is 2.89. The number of H-pyrrole nitrogens is 1. The lowest BCUT2D eigenvalue weighted by Gasteiger charge is -2.11. The van der Waals surface area contributed by atoms with Crippen LogP contribution in [0.1, 0.15) is 23.6 Å². The molecule has 3 nitrogen and oxygen atoms in total. The maximum atomic E-state index is 8.42. The van der Waals surface area contributed by atoms with E-state index in [0.29, 0.717) is 11.3 Å². The first kappa shape index (κ1) is 4.65. The van der Waals surface area contributed by atoms with Crippen LogP contribution in [0.25, 0.3) is 10.9 Å². The standard InChI is InChI=1S/C14H18N2O/c1-16-7-5-12-11-4-3-10(17-2)9-14(11)15-13(12)6-8-16/h3-4,9,15H,5-8H2,1-2H3/i1D3,5D2,6D2,7D2. The van der Waals surface area contributed by atoms with E-state index in [9.17, 15) is 0 Å². The third-order valence-corrected chi connectivity index (χ3v) is 2.74. The number of nitrogens with one attached hydrogen (secondary N) is 1. The summed E-state index contributed by atoms with van der Waals surface area (Å²) >= 11 is 0. The highest BCUT2D eigenvalue weighted by molar-refractivity contribution is 5.86. The van der Waals surface area contributed by atoms with Gasteiger partial charge < -0.3 is 14.6 Å². The predicted octanol–water partition coefficient (Wildman–Crippen LogP) is 2.21. The predicted molar refractivity (Wildman–Crippen MR) is 69.8 cm³/mol. The molecule has 0 saturated heterocycles. The van der Waals surface area contributed by atoms with Gasteiger partial charge in [-0.05, 0) is 31.0 Å². The third kappa shape index (κ3) is 1.80. The molecule has 0 aliphatic carbocycles. The Morgan fingerprint density at radius 2 is 2.41 bits per heavy atom. The monoisotopic (exact) mass is 239 g/mol. The number of hydrogen-bond donors (Lipinski definition) is 1. The lowest BCUT2D eigenvalue weighted by Crippen LogP contribution is -2.21. The van der Waals surface area contributed by atoms with Gasteiger partial charge in [-0.1, -0.05) is 0 Å². The van der Waals surface area contributed by atoms with Crippen LogP contribution in [0.3, 0.4) is 0 Å². The first-order chi connectivity index (χ1) is 11.7. The minimum atomic E-state index is -3.01. The number of fused-ring (bicyclic) bond motifs is 3. The van der Waals surface area contributed by atoms with Crippen molar-refractivity contribution in [3.05, 3.63) is 29.5 Å². The van der Waals surface area contributed by atoms with Crippen LogP contribution in [0.4, 0.5) is 0 Å². The van der Waals surface area contributed by atoms with Gasteiger partial charge in [0.2, 0.25) is 0 Å². The zero-order chi connectivity index (χ0) is 19.7. The van der Waals surface area contributed by atoms with E-state index in [1.807, 2.05) is 0 Å². The Balaban J connectivity index is 2.36. The van der Waals surface area contributed by atoms with Gasteiger partial charge in [0.25, 0.3) is 0 Å². The lowest BCUT2D eigenvalue weighted by atomic mass is 10.1. The van der Waals surface area contributed by atoms with Crippen LogP contribution in [-0.4, -0.2) is 37.0 Å². The highest BCUT2D eigenvalue weighted by atomic mass is 16.5. The second-order valence-corrected chi connectivity index (χ2v) is 3.79. The van der Waals surface area contributed by atoms with Crippen molar-refractivity contribution in [2.45, 2.75) is 12.7 Å². The number of nitrogens with zero attached hydrogens (tertiary/aromatic N) is 1. The number of hydrogen-bond acceptors (Lipinski definition) is 2. The Labute approximate surface area is 114 Å². The van der Waals surface area contributed by atoms with E-state index in [0.717, 1.165) is 0 Å². The van der Waals surface area contributed by atoms with Gasteiger partial charge in [0.15, 0.2) is 0 Å². The van der Waals surface area contributed by atoms with Crippen molar-refractivity contribution in [3.63, 3.8) is 0 Å². The molecule has 0 amide bonds. The van der Waals surface area contributed by atoms with E-state index in [-0.39, 0.29) is 21.5 Å². The number of benzene rings is 1. The lowest BCUT2D eigenvalue weighted by molar-refractivity contribution is 0.352. The van der Waals surface area contributed by atoms with Crippen LogP contribution in [0.5, 0.6) is 5.75 Å². The summed E-state index contributed by atoms with van der Waals surface area (Å²) in [5.74, 6) is 0.474. The summed E-state index contributed by atoms with van der Waals surface area (Å²) in [5, 5.41) is 0.283. The van der Waals surface area contributed by atoms with Gasteiger partial charge in [-0.25, -0.2) is 0 Å². The van der Waals surface area contributed by atoms with Crippen molar-refractivity contribution in [1.29, 1.82) is 0 Å². The van der Waals surface area contributed by atoms with Gasteiger partial charge in [-0.2, -0.15) is 0 Å². The van der Waals surface area contributed by atoms with E-state index < -0.39 is 32.8 Å². The van der Waals surface area contributed by atoms with Gasteiger partial charge in [0, 0.05) is 54.4 Å². The quantitative estimate of drug-likeness (QED) is 0.826. The van der Waals surface area contributed by atoms with Crippen LogP contribution in [0.15, 0.2) is 18.2 Å². The van der Waals surface area contributed by atoms with E-state index in [1.165, 1.54) is 13.2 Å². The molecule has 2 heterocycles. The molecule has 3 heteroatoms. The maximum Gasteiger partial charge on any atom is 0.120 e. The van der Waals surface area contributed by atoms with Crippen LogP contribution < -0.4 is 4.74 Å². The molecule has 1 aromatic carbocycles. The summed E-state index contributed by atoms with van der Waals surface area (Å²) in [5.41, 5.74) is 0.0125. The molecule has 3 rings (SSSR count). The van der Waals surface area contributed by atoms with Crippen molar-refractivity contribution >= 4 is 10.9 Å². The number of ether oxygens (including phenoxy) is 1. The summed E-state index contributed by atoms with van der Waals surface area (Å²) < 4.78 is 77.8. The molecular formula is C14H18N2O. The van der Waals surface area contributed by atoms with Crippen molar-refractivity contribution in [3.8, 4) is 5.75 Å². The molecule has 0 atom stereocenters. The first-order valence-electron chi connectivity index (χ1n) is 9.72. The highest BCUT2D eigenvalue weighted by Crippen LogP contribution is 2.28. The van der Waals surface area contributed by atoms with E-state index in [4.69, 9.17) is 17.1 Å². The van der Waals surface area contributed by atoms with Crippen LogP contribution >= 0.6 is 0 Å². The van der Waals surface area contributed by atoms with Crippen LogP contribution in [-0.2, 0) is 12.7 Å². The topological polar surface area (TPSA) is 28.3 Å². The number of likely N-dealkylation sites (N-methyl/N-ethyl adjacent to an activating group) is 1. The molecule has 0 saturated carbocycles. The molecule has 1 N–H and O–H groups in total. The van der Waals surface area contributed by atoms with Gasteiger partial charge >= 0.3 is 0 Å². The molecule has 2 aromatic rings. The summed E-state index contributed by atoms with van der Waals surface area (Å²) in [6, 6.07) is 4.63. The number of aromatic nitrogens is 1. The van der Waals surface area contributed by atoms with Crippen molar-refractivity contribution < 1.29 is 17.1 Å². The minimum Gasteiger partial charge on any atom is -0.497 e. The van der Waals surface area contributed by atoms with E-state index >= 15 is 0 Å². The summed E-state index contributed by atoms with van der Waals surface area (Å²) in [7, 11) is 1.46. The summed E-state index contributed by atoms with van der Waals surface area (Å²) in [6.45, 7) is -6.80. The van der Waals surface area contributed by atoms with Gasteiger partial charge in [0.1, 0.15) is 5.75 Å².